The van der Waals surface area contributed by atoms with Crippen LogP contribution < -0.4 is 11.1 Å². The lowest BCUT2D eigenvalue weighted by molar-refractivity contribution is -0.265. The zero-order valence-corrected chi connectivity index (χ0v) is 26.5. The van der Waals surface area contributed by atoms with Crippen LogP contribution in [0.1, 0.15) is 50.0 Å². The van der Waals surface area contributed by atoms with Gasteiger partial charge in [-0.25, -0.2) is 4.98 Å². The summed E-state index contributed by atoms with van der Waals surface area (Å²) in [6.45, 7) is 7.02. The van der Waals surface area contributed by atoms with E-state index in [9.17, 15) is 39.7 Å². The maximum Gasteiger partial charge on any atom is 0.230 e. The second-order valence-corrected chi connectivity index (χ2v) is 14.6. The number of ketones is 2. The van der Waals surface area contributed by atoms with Gasteiger partial charge in [-0.3, -0.25) is 14.4 Å². The summed E-state index contributed by atoms with van der Waals surface area (Å²) in [5.41, 5.74) is 2.73. The molecule has 2 unspecified atom stereocenters. The molecule has 8 atom stereocenters. The van der Waals surface area contributed by atoms with E-state index in [1.807, 2.05) is 0 Å². The Balaban J connectivity index is 1.38. The summed E-state index contributed by atoms with van der Waals surface area (Å²) in [5, 5.41) is 55.0. The lowest BCUT2D eigenvalue weighted by Crippen LogP contribution is -2.79. The summed E-state index contributed by atoms with van der Waals surface area (Å²) >= 11 is 1.24. The molecule has 0 saturated heterocycles. The summed E-state index contributed by atoms with van der Waals surface area (Å²) in [6.07, 6.45) is -3.13. The van der Waals surface area contributed by atoms with Gasteiger partial charge in [-0.1, -0.05) is 45.9 Å². The molecule has 3 aromatic rings. The number of thiazole rings is 1. The first-order valence-corrected chi connectivity index (χ1v) is 15.9. The van der Waals surface area contributed by atoms with Crippen molar-refractivity contribution in [1.29, 1.82) is 0 Å². The van der Waals surface area contributed by atoms with Gasteiger partial charge in [0.1, 0.15) is 23.5 Å². The molecule has 6 rings (SSSR count). The summed E-state index contributed by atoms with van der Waals surface area (Å²) in [4.78, 5) is 56.0. The summed E-state index contributed by atoms with van der Waals surface area (Å²) < 4.78 is 0. The third-order valence-electron chi connectivity index (χ3n) is 10.6. The number of Topliss-reactive ketones (excluding diaryl/α,β-unsaturated/α-hetero) is 2. The highest BCUT2D eigenvalue weighted by Gasteiger charge is 2.75. The minimum atomic E-state index is -2.57. The largest absolute Gasteiger partial charge is 0.505 e. The van der Waals surface area contributed by atoms with E-state index in [4.69, 9.17) is 5.73 Å². The quantitative estimate of drug-likeness (QED) is 0.129. The number of aliphatic hydroxyl groups excluding tert-OH is 2. The van der Waals surface area contributed by atoms with Crippen LogP contribution in [0.3, 0.4) is 0 Å². The monoisotopic (exact) mass is 648 g/mol. The maximum atomic E-state index is 14.3. The van der Waals surface area contributed by atoms with Crippen molar-refractivity contribution < 1.29 is 34.8 Å². The second-order valence-electron chi connectivity index (χ2n) is 13.8. The van der Waals surface area contributed by atoms with Crippen molar-refractivity contribution in [3.8, 4) is 17.0 Å². The lowest BCUT2D eigenvalue weighted by atomic mass is 9.39. The van der Waals surface area contributed by atoms with Crippen molar-refractivity contribution in [2.45, 2.75) is 58.3 Å². The number of hydrogen-bond acceptors (Lipinski definition) is 12. The standard InChI is InChI=1S/C33H36N4O8S/c1-14(2)22-26(40)21(29(34)43)27(41)33(44)28(42)23-25(39)20-16(11-31(23,3)13-32(22,33)4)8-9-18(24(20)38)35-30-36-19(12-46-30)15-6-5-7-17(10-15)37-45/h5-10,12,14,21-23,26,28,38,40,42,44H,11,13H2,1-4H3,(H2,34,43)(H,35,36)/t21-,22+,23-,26?,28?,31-,32-,33+/m1/s1. The number of amides is 1. The summed E-state index contributed by atoms with van der Waals surface area (Å²) in [7, 11) is 0. The van der Waals surface area contributed by atoms with Crippen molar-refractivity contribution in [3.05, 3.63) is 57.8 Å². The minimum absolute atomic E-state index is 0.0459. The number of fused-ring (bicyclic) bond motifs is 3. The van der Waals surface area contributed by atoms with Crippen LogP contribution in [0.25, 0.3) is 11.3 Å². The topological polar surface area (TPSA) is 213 Å². The number of aromatic nitrogens is 1. The molecule has 12 nitrogen and oxygen atoms in total. The van der Waals surface area contributed by atoms with E-state index in [2.05, 4.69) is 15.5 Å². The fourth-order valence-electron chi connectivity index (χ4n) is 8.93. The SMILES string of the molecule is CC(C)[C@H]1C(O)[C@@H](C(N)=O)C(=O)[C@]2(O)C(O)[C@H]3C(=O)c4c(ccc(Nc5nc(-c6cccc(N=O)c6)cs5)c4O)C[C@]3(C)C[C@]12C. The average Bonchev–Trinajstić information content (AvgIpc) is 3.44. The van der Waals surface area contributed by atoms with Gasteiger partial charge < -0.3 is 31.5 Å². The number of benzene rings is 2. The van der Waals surface area contributed by atoms with Gasteiger partial charge in [0.25, 0.3) is 0 Å². The molecule has 0 radical (unpaired) electrons. The summed E-state index contributed by atoms with van der Waals surface area (Å²) in [6, 6.07) is 9.97. The van der Waals surface area contributed by atoms with Crippen molar-refractivity contribution >= 4 is 45.3 Å². The first-order chi connectivity index (χ1) is 21.6. The molecule has 7 N–H and O–H groups in total. The molecule has 1 amide bonds. The van der Waals surface area contributed by atoms with Gasteiger partial charge >= 0.3 is 0 Å². The molecule has 0 aliphatic heterocycles. The molecular weight excluding hydrogens is 612 g/mol. The Morgan fingerprint density at radius 2 is 1.89 bits per heavy atom. The fourth-order valence-corrected chi connectivity index (χ4v) is 9.66. The molecule has 13 heteroatoms. The number of carbonyl (C=O) groups is 3. The highest BCUT2D eigenvalue weighted by atomic mass is 32.1. The van der Waals surface area contributed by atoms with Crippen LogP contribution in [0.4, 0.5) is 16.5 Å². The van der Waals surface area contributed by atoms with Gasteiger partial charge in [-0.2, -0.15) is 0 Å². The maximum absolute atomic E-state index is 14.3. The average molecular weight is 649 g/mol. The predicted octanol–water partition coefficient (Wildman–Crippen LogP) is 3.84. The van der Waals surface area contributed by atoms with E-state index < -0.39 is 63.9 Å². The Bertz CT molecular complexity index is 1790. The van der Waals surface area contributed by atoms with E-state index in [1.54, 1.807) is 69.5 Å². The van der Waals surface area contributed by atoms with Crippen LogP contribution >= 0.6 is 11.3 Å². The number of nitrogens with zero attached hydrogens (tertiary/aromatic N) is 2. The highest BCUT2D eigenvalue weighted by Crippen LogP contribution is 2.65. The zero-order valence-electron chi connectivity index (χ0n) is 25.7. The number of nitrogens with two attached hydrogens (primary N) is 1. The zero-order chi connectivity index (χ0) is 33.5. The fraction of sp³-hybridized carbons (Fsp3) is 0.455. The normalized spacial score (nSPS) is 33.6. The number of phenolic OH excluding ortho intramolecular Hbond substituents is 1. The molecular formula is C33H36N4O8S. The number of primary amides is 1. The van der Waals surface area contributed by atoms with Crippen LogP contribution in [0.2, 0.25) is 0 Å². The van der Waals surface area contributed by atoms with E-state index >= 15 is 0 Å². The van der Waals surface area contributed by atoms with Crippen molar-refractivity contribution in [3.63, 3.8) is 0 Å². The van der Waals surface area contributed by atoms with E-state index in [1.165, 1.54) is 11.3 Å². The Morgan fingerprint density at radius 3 is 2.54 bits per heavy atom. The molecule has 0 spiro atoms. The third kappa shape index (κ3) is 4.36. The van der Waals surface area contributed by atoms with Crippen molar-refractivity contribution in [2.24, 2.45) is 45.4 Å². The van der Waals surface area contributed by atoms with Crippen LogP contribution in [-0.4, -0.2) is 60.7 Å². The smallest absolute Gasteiger partial charge is 0.230 e. The number of phenols is 1. The van der Waals surface area contributed by atoms with Crippen LogP contribution in [0.15, 0.2) is 47.0 Å². The number of aliphatic hydroxyl groups is 3. The molecule has 2 aromatic carbocycles. The first-order valence-electron chi connectivity index (χ1n) is 15.1. The van der Waals surface area contributed by atoms with Gasteiger partial charge in [-0.05, 0) is 59.0 Å². The van der Waals surface area contributed by atoms with Gasteiger partial charge in [0.05, 0.1) is 29.0 Å². The summed E-state index contributed by atoms with van der Waals surface area (Å²) in [5.74, 6) is -7.46. The Labute approximate surface area is 268 Å². The second kappa shape index (κ2) is 10.8. The van der Waals surface area contributed by atoms with Crippen molar-refractivity contribution in [1.82, 2.24) is 4.98 Å². The van der Waals surface area contributed by atoms with Crippen LogP contribution in [0, 0.1) is 39.4 Å². The van der Waals surface area contributed by atoms with Gasteiger partial charge in [-0.15, -0.1) is 16.2 Å². The Hall–Kier alpha value is -4.04. The Morgan fingerprint density at radius 1 is 1.17 bits per heavy atom. The van der Waals surface area contributed by atoms with Gasteiger partial charge in [0, 0.05) is 16.4 Å². The van der Waals surface area contributed by atoms with E-state index in [-0.39, 0.29) is 41.4 Å². The van der Waals surface area contributed by atoms with Gasteiger partial charge in [0.15, 0.2) is 22.3 Å². The van der Waals surface area contributed by atoms with Crippen molar-refractivity contribution in [2.75, 3.05) is 5.32 Å². The van der Waals surface area contributed by atoms with Crippen LogP contribution in [0.5, 0.6) is 5.75 Å². The molecule has 1 heterocycles. The number of anilines is 2. The molecule has 1 aromatic heterocycles. The molecule has 46 heavy (non-hydrogen) atoms. The number of nitrogens with one attached hydrogen (secondary N) is 1. The molecule has 242 valence electrons. The number of carbonyl (C=O) groups excluding carboxylic acids is 3. The number of rotatable bonds is 6. The molecule has 2 fully saturated rings. The molecule has 3 aliphatic rings. The molecule has 3 aliphatic carbocycles. The van der Waals surface area contributed by atoms with E-state index in [0.717, 1.165) is 0 Å². The number of hydrogen-bond donors (Lipinski definition) is 6. The minimum Gasteiger partial charge on any atom is -0.505 e. The third-order valence-corrected chi connectivity index (χ3v) is 11.4. The lowest BCUT2D eigenvalue weighted by Gasteiger charge is -2.66. The molecule has 2 saturated carbocycles. The highest BCUT2D eigenvalue weighted by molar-refractivity contribution is 7.14. The predicted molar refractivity (Wildman–Crippen MR) is 170 cm³/mol. The van der Waals surface area contributed by atoms with Crippen LogP contribution in [-0.2, 0) is 16.0 Å². The van der Waals surface area contributed by atoms with E-state index in [0.29, 0.717) is 22.0 Å². The first kappa shape index (κ1) is 31.9. The molecule has 0 bridgehead atoms. The number of aromatic hydroxyl groups is 1. The Kier molecular flexibility index (Phi) is 7.47. The van der Waals surface area contributed by atoms with Gasteiger partial charge in [0.2, 0.25) is 5.91 Å². The number of nitroso groups, excluding NO2 is 1.